The summed E-state index contributed by atoms with van der Waals surface area (Å²) in [7, 11) is 0. The van der Waals surface area contributed by atoms with E-state index in [1.54, 1.807) is 30.3 Å². The molecule has 1 aliphatic rings. The van der Waals surface area contributed by atoms with Gasteiger partial charge in [0.05, 0.1) is 16.8 Å². The first-order valence-corrected chi connectivity index (χ1v) is 10.0. The van der Waals surface area contributed by atoms with Crippen molar-refractivity contribution in [3.8, 4) is 11.5 Å². The van der Waals surface area contributed by atoms with E-state index in [2.05, 4.69) is 4.98 Å². The van der Waals surface area contributed by atoms with E-state index < -0.39 is 17.6 Å². The summed E-state index contributed by atoms with van der Waals surface area (Å²) < 4.78 is 1.14. The number of para-hydroxylation sites is 1. The van der Waals surface area contributed by atoms with E-state index in [0.29, 0.717) is 36.0 Å². The van der Waals surface area contributed by atoms with Crippen LogP contribution in [0.25, 0.3) is 10.9 Å². The van der Waals surface area contributed by atoms with E-state index in [0.717, 1.165) is 4.57 Å². The minimum atomic E-state index is -0.956. The maximum absolute atomic E-state index is 12.7. The number of carboxylic acid groups (broad SMARTS) is 1. The van der Waals surface area contributed by atoms with Gasteiger partial charge >= 0.3 is 11.7 Å². The number of carbonyl (C=O) groups is 1. The second-order valence-corrected chi connectivity index (χ2v) is 7.82. The lowest BCUT2D eigenvalue weighted by atomic mass is 9.80. The number of fused-ring (bicyclic) bond motifs is 1. The molecular formula is C22H23N3O6. The molecule has 0 radical (unpaired) electrons. The lowest BCUT2D eigenvalue weighted by Crippen LogP contribution is -2.46. The number of hydrogen-bond acceptors (Lipinski definition) is 6. The number of piperidine rings is 1. The summed E-state index contributed by atoms with van der Waals surface area (Å²) in [6, 6.07) is 11.2. The van der Waals surface area contributed by atoms with Gasteiger partial charge in [-0.3, -0.25) is 14.2 Å². The van der Waals surface area contributed by atoms with Crippen molar-refractivity contribution in [1.82, 2.24) is 14.5 Å². The van der Waals surface area contributed by atoms with Crippen LogP contribution in [0, 0.1) is 5.92 Å². The van der Waals surface area contributed by atoms with Crippen molar-refractivity contribution >= 4 is 16.9 Å². The SMILES string of the molecule is O=C(O)C1CN(CCn2c(=O)[nH]c3ccccc3c2=O)CCC1c1ccc(O)c(O)c1. The largest absolute Gasteiger partial charge is 0.504 e. The second kappa shape index (κ2) is 8.27. The van der Waals surface area contributed by atoms with Gasteiger partial charge in [0.2, 0.25) is 0 Å². The van der Waals surface area contributed by atoms with Crippen LogP contribution in [0.3, 0.4) is 0 Å². The van der Waals surface area contributed by atoms with Crippen molar-refractivity contribution in [1.29, 1.82) is 0 Å². The first-order valence-electron chi connectivity index (χ1n) is 10.0. The lowest BCUT2D eigenvalue weighted by molar-refractivity contribution is -0.144. The molecule has 2 atom stereocenters. The third kappa shape index (κ3) is 4.04. The smallest absolute Gasteiger partial charge is 0.328 e. The summed E-state index contributed by atoms with van der Waals surface area (Å²) >= 11 is 0. The lowest BCUT2D eigenvalue weighted by Gasteiger charge is -2.36. The molecule has 4 N–H and O–H groups in total. The van der Waals surface area contributed by atoms with Gasteiger partial charge in [-0.1, -0.05) is 18.2 Å². The predicted octanol–water partition coefficient (Wildman–Crippen LogP) is 1.29. The zero-order valence-electron chi connectivity index (χ0n) is 16.7. The summed E-state index contributed by atoms with van der Waals surface area (Å²) in [4.78, 5) is 41.6. The van der Waals surface area contributed by atoms with Crippen molar-refractivity contribution in [3.63, 3.8) is 0 Å². The van der Waals surface area contributed by atoms with Gasteiger partial charge in [0.15, 0.2) is 11.5 Å². The average molecular weight is 425 g/mol. The number of aromatic hydroxyl groups is 2. The van der Waals surface area contributed by atoms with Crippen molar-refractivity contribution in [3.05, 3.63) is 68.9 Å². The Labute approximate surface area is 176 Å². The van der Waals surface area contributed by atoms with Crippen LogP contribution in [0.5, 0.6) is 11.5 Å². The van der Waals surface area contributed by atoms with Crippen LogP contribution in [0.1, 0.15) is 17.9 Å². The van der Waals surface area contributed by atoms with E-state index in [9.17, 15) is 29.7 Å². The molecule has 162 valence electrons. The number of benzene rings is 2. The fourth-order valence-electron chi connectivity index (χ4n) is 4.29. The molecule has 0 amide bonds. The van der Waals surface area contributed by atoms with Crippen LogP contribution in [-0.2, 0) is 11.3 Å². The van der Waals surface area contributed by atoms with Crippen molar-refractivity contribution in [2.75, 3.05) is 19.6 Å². The maximum atomic E-state index is 12.7. The fraction of sp³-hybridized carbons (Fsp3) is 0.318. The van der Waals surface area contributed by atoms with Crippen LogP contribution in [0.2, 0.25) is 0 Å². The summed E-state index contributed by atoms with van der Waals surface area (Å²) in [5, 5.41) is 29.5. The topological polar surface area (TPSA) is 136 Å². The van der Waals surface area contributed by atoms with Gasteiger partial charge in [0.1, 0.15) is 0 Å². The summed E-state index contributed by atoms with van der Waals surface area (Å²) in [6.07, 6.45) is 0.532. The zero-order valence-corrected chi connectivity index (χ0v) is 16.7. The average Bonchev–Trinajstić information content (AvgIpc) is 2.75. The molecular weight excluding hydrogens is 402 g/mol. The minimum Gasteiger partial charge on any atom is -0.504 e. The maximum Gasteiger partial charge on any atom is 0.328 e. The molecule has 1 saturated heterocycles. The molecule has 0 spiro atoms. The molecule has 0 aliphatic carbocycles. The Kier molecular flexibility index (Phi) is 5.51. The number of likely N-dealkylation sites (tertiary alicyclic amines) is 1. The van der Waals surface area contributed by atoms with Crippen LogP contribution in [-0.4, -0.2) is 55.4 Å². The predicted molar refractivity (Wildman–Crippen MR) is 114 cm³/mol. The Bertz CT molecular complexity index is 1250. The van der Waals surface area contributed by atoms with Gasteiger partial charge < -0.3 is 25.2 Å². The Hall–Kier alpha value is -3.59. The highest BCUT2D eigenvalue weighted by atomic mass is 16.4. The number of aromatic amines is 1. The summed E-state index contributed by atoms with van der Waals surface area (Å²) in [5.74, 6) is -2.52. The van der Waals surface area contributed by atoms with Crippen molar-refractivity contribution in [2.24, 2.45) is 5.92 Å². The number of phenolic OH excluding ortho intramolecular Hbond substituents is 2. The number of aromatic nitrogens is 2. The molecule has 9 nitrogen and oxygen atoms in total. The Morgan fingerprint density at radius 1 is 1.06 bits per heavy atom. The molecule has 2 heterocycles. The molecule has 0 bridgehead atoms. The Morgan fingerprint density at radius 2 is 1.84 bits per heavy atom. The molecule has 1 fully saturated rings. The number of hydrogen-bond donors (Lipinski definition) is 4. The summed E-state index contributed by atoms with van der Waals surface area (Å²) in [5.41, 5.74) is 0.277. The minimum absolute atomic E-state index is 0.149. The van der Waals surface area contributed by atoms with Gasteiger partial charge in [-0.05, 0) is 48.7 Å². The quantitative estimate of drug-likeness (QED) is 0.452. The van der Waals surface area contributed by atoms with Crippen LogP contribution >= 0.6 is 0 Å². The third-order valence-electron chi connectivity index (χ3n) is 5.97. The van der Waals surface area contributed by atoms with Gasteiger partial charge in [-0.15, -0.1) is 0 Å². The molecule has 9 heteroatoms. The molecule has 1 aromatic heterocycles. The molecule has 31 heavy (non-hydrogen) atoms. The normalized spacial score (nSPS) is 19.5. The molecule has 2 aromatic carbocycles. The molecule has 0 saturated carbocycles. The first kappa shape index (κ1) is 20.7. The number of aliphatic carboxylic acids is 1. The zero-order chi connectivity index (χ0) is 22.1. The Morgan fingerprint density at radius 3 is 2.58 bits per heavy atom. The number of phenols is 2. The number of nitrogens with one attached hydrogen (secondary N) is 1. The molecule has 3 aromatic rings. The number of nitrogens with zero attached hydrogens (tertiary/aromatic N) is 2. The van der Waals surface area contributed by atoms with Gasteiger partial charge in [-0.25, -0.2) is 4.79 Å². The first-order chi connectivity index (χ1) is 14.8. The monoisotopic (exact) mass is 425 g/mol. The second-order valence-electron chi connectivity index (χ2n) is 7.82. The molecule has 4 rings (SSSR count). The molecule has 2 unspecified atom stereocenters. The van der Waals surface area contributed by atoms with E-state index in [-0.39, 0.29) is 36.1 Å². The summed E-state index contributed by atoms with van der Waals surface area (Å²) in [6.45, 7) is 1.34. The van der Waals surface area contributed by atoms with E-state index in [1.165, 1.54) is 12.1 Å². The standard InChI is InChI=1S/C22H23N3O6/c26-18-6-5-13(11-19(18)27)14-7-8-24(12-16(14)21(29)30)9-10-25-20(28)15-3-1-2-4-17(15)23-22(25)31/h1-6,11,14,16,26-27H,7-10,12H2,(H,23,31)(H,29,30). The number of H-pyrrole nitrogens is 1. The van der Waals surface area contributed by atoms with Gasteiger partial charge in [0, 0.05) is 19.6 Å². The van der Waals surface area contributed by atoms with Crippen LogP contribution < -0.4 is 11.2 Å². The highest BCUT2D eigenvalue weighted by Crippen LogP contribution is 2.37. The fourth-order valence-corrected chi connectivity index (χ4v) is 4.29. The molecule has 1 aliphatic heterocycles. The van der Waals surface area contributed by atoms with E-state index in [4.69, 9.17) is 0 Å². The number of rotatable bonds is 5. The van der Waals surface area contributed by atoms with Crippen molar-refractivity contribution in [2.45, 2.75) is 18.9 Å². The van der Waals surface area contributed by atoms with Gasteiger partial charge in [0.25, 0.3) is 5.56 Å². The highest BCUT2D eigenvalue weighted by Gasteiger charge is 2.35. The highest BCUT2D eigenvalue weighted by molar-refractivity contribution is 5.76. The number of carboxylic acids is 1. The third-order valence-corrected chi connectivity index (χ3v) is 5.97. The van der Waals surface area contributed by atoms with E-state index in [1.807, 2.05) is 4.90 Å². The van der Waals surface area contributed by atoms with Gasteiger partial charge in [-0.2, -0.15) is 0 Å². The van der Waals surface area contributed by atoms with E-state index >= 15 is 0 Å². The van der Waals surface area contributed by atoms with Crippen molar-refractivity contribution < 1.29 is 20.1 Å². The Balaban J connectivity index is 1.51. The van der Waals surface area contributed by atoms with Crippen LogP contribution in [0.15, 0.2) is 52.1 Å². The van der Waals surface area contributed by atoms with Crippen LogP contribution in [0.4, 0.5) is 0 Å².